The lowest BCUT2D eigenvalue weighted by atomic mass is 10.0. The maximum absolute atomic E-state index is 11.3. The molecule has 0 aliphatic rings. The van der Waals surface area contributed by atoms with Gasteiger partial charge in [-0.3, -0.25) is 20.0 Å². The van der Waals surface area contributed by atoms with Crippen molar-refractivity contribution in [1.29, 1.82) is 0 Å². The van der Waals surface area contributed by atoms with Crippen molar-refractivity contribution in [2.75, 3.05) is 6.61 Å². The third-order valence-electron chi connectivity index (χ3n) is 4.02. The van der Waals surface area contributed by atoms with Gasteiger partial charge in [0.25, 0.3) is 0 Å². The number of hydrogen-bond acceptors (Lipinski definition) is 7. The van der Waals surface area contributed by atoms with E-state index in [-0.39, 0.29) is 30.9 Å². The topological polar surface area (TPSA) is 132 Å². The van der Waals surface area contributed by atoms with Gasteiger partial charge >= 0.3 is 5.97 Å². The van der Waals surface area contributed by atoms with Gasteiger partial charge in [0.1, 0.15) is 11.5 Å². The molecule has 0 fully saturated rings. The van der Waals surface area contributed by atoms with Crippen molar-refractivity contribution in [1.82, 2.24) is 0 Å². The molecule has 2 aromatic carbocycles. The molecule has 2 atom stereocenters. The van der Waals surface area contributed by atoms with Crippen LogP contribution in [0.5, 0.6) is 11.5 Å². The third-order valence-corrected chi connectivity index (χ3v) is 4.02. The highest BCUT2D eigenvalue weighted by Gasteiger charge is 2.22. The van der Waals surface area contributed by atoms with Crippen molar-refractivity contribution in [2.45, 2.75) is 24.9 Å². The van der Waals surface area contributed by atoms with Crippen LogP contribution in [0.3, 0.4) is 0 Å². The summed E-state index contributed by atoms with van der Waals surface area (Å²) in [6.45, 7) is -0.0645. The number of carbonyl (C=O) groups is 1. The van der Waals surface area contributed by atoms with E-state index in [0.29, 0.717) is 11.1 Å². The van der Waals surface area contributed by atoms with Crippen LogP contribution in [0.25, 0.3) is 0 Å². The summed E-state index contributed by atoms with van der Waals surface area (Å²) in [6.07, 6.45) is 2.72. The molecule has 148 valence electrons. The largest absolute Gasteiger partial charge is 0.507 e. The zero-order valence-corrected chi connectivity index (χ0v) is 15.0. The number of rotatable bonds is 10. The molecule has 2 unspecified atom stereocenters. The minimum absolute atomic E-state index is 0.0216. The molecule has 0 radical (unpaired) electrons. The first kappa shape index (κ1) is 21.1. The molecule has 2 aromatic rings. The van der Waals surface area contributed by atoms with Gasteiger partial charge in [-0.15, -0.1) is 0 Å². The molecule has 8 heteroatoms. The van der Waals surface area contributed by atoms with Crippen LogP contribution in [0.2, 0.25) is 0 Å². The Bertz CT molecular complexity index is 837. The number of phenols is 2. The van der Waals surface area contributed by atoms with Crippen LogP contribution in [0, 0.1) is 0 Å². The normalized spacial score (nSPS) is 13.8. The van der Waals surface area contributed by atoms with Crippen molar-refractivity contribution < 1.29 is 30.3 Å². The Morgan fingerprint density at radius 1 is 0.929 bits per heavy atom. The first-order valence-electron chi connectivity index (χ1n) is 8.61. The molecule has 28 heavy (non-hydrogen) atoms. The van der Waals surface area contributed by atoms with Crippen LogP contribution >= 0.6 is 0 Å². The Balaban J connectivity index is 2.29. The van der Waals surface area contributed by atoms with Gasteiger partial charge in [0.05, 0.1) is 25.1 Å². The maximum Gasteiger partial charge on any atom is 0.305 e. The molecule has 4 N–H and O–H groups in total. The van der Waals surface area contributed by atoms with E-state index >= 15 is 0 Å². The van der Waals surface area contributed by atoms with E-state index in [1.165, 1.54) is 24.6 Å². The van der Waals surface area contributed by atoms with Crippen molar-refractivity contribution in [2.24, 2.45) is 9.98 Å². The van der Waals surface area contributed by atoms with Crippen LogP contribution in [0.15, 0.2) is 58.5 Å². The maximum atomic E-state index is 11.3. The van der Waals surface area contributed by atoms with Gasteiger partial charge in [-0.05, 0) is 30.7 Å². The zero-order valence-electron chi connectivity index (χ0n) is 15.0. The number of hydrogen-bond donors (Lipinski definition) is 4. The minimum Gasteiger partial charge on any atom is -0.507 e. The number of benzene rings is 2. The summed E-state index contributed by atoms with van der Waals surface area (Å²) in [5, 5.41) is 37.6. The predicted molar refractivity (Wildman–Crippen MR) is 104 cm³/mol. The Kier molecular flexibility index (Phi) is 8.13. The number of aliphatic imine (C=N–C) groups is 2. The average Bonchev–Trinajstić information content (AvgIpc) is 2.67. The van der Waals surface area contributed by atoms with Crippen molar-refractivity contribution in [3.05, 3.63) is 59.7 Å². The Morgan fingerprint density at radius 2 is 1.43 bits per heavy atom. The van der Waals surface area contributed by atoms with E-state index < -0.39 is 18.1 Å². The molecule has 0 aliphatic carbocycles. The smallest absolute Gasteiger partial charge is 0.305 e. The molecular formula is C20H22N2O6. The summed E-state index contributed by atoms with van der Waals surface area (Å²) >= 11 is 0. The summed E-state index contributed by atoms with van der Waals surface area (Å²) in [5.41, 5.74) is 0.913. The van der Waals surface area contributed by atoms with Crippen molar-refractivity contribution >= 4 is 18.4 Å². The van der Waals surface area contributed by atoms with E-state index in [2.05, 4.69) is 14.9 Å². The van der Waals surface area contributed by atoms with E-state index in [9.17, 15) is 20.1 Å². The monoisotopic (exact) mass is 386 g/mol. The minimum atomic E-state index is -1.06. The highest BCUT2D eigenvalue weighted by Crippen LogP contribution is 2.18. The number of aromatic hydroxyl groups is 2. The Morgan fingerprint density at radius 3 is 1.89 bits per heavy atom. The quantitative estimate of drug-likeness (QED) is 0.282. The molecule has 0 spiro atoms. The number of para-hydroxylation sites is 2. The fraction of sp³-hybridized carbons (Fsp3) is 0.250. The summed E-state index contributed by atoms with van der Waals surface area (Å²) in [4.78, 5) is 24.1. The van der Waals surface area contributed by atoms with Gasteiger partial charge in [0, 0.05) is 23.6 Å². The van der Waals surface area contributed by atoms with E-state index in [1.54, 1.807) is 36.4 Å². The molecule has 0 bridgehead atoms. The molecular weight excluding hydrogens is 364 g/mol. The molecule has 0 aliphatic heterocycles. The van der Waals surface area contributed by atoms with Gasteiger partial charge in [0.2, 0.25) is 0 Å². The SMILES string of the molecule is O=C(O)CC(N=Cc1ccccc1O)C(CCOO)N=Cc1ccccc1O. The molecule has 8 nitrogen and oxygen atoms in total. The third kappa shape index (κ3) is 6.49. The van der Waals surface area contributed by atoms with Gasteiger partial charge in [-0.2, -0.15) is 0 Å². The molecule has 0 amide bonds. The fourth-order valence-corrected chi connectivity index (χ4v) is 2.55. The van der Waals surface area contributed by atoms with E-state index in [4.69, 9.17) is 5.26 Å². The zero-order chi connectivity index (χ0) is 20.4. The van der Waals surface area contributed by atoms with Crippen LogP contribution in [0.1, 0.15) is 24.0 Å². The number of phenolic OH excluding ortho intramolecular Hbond substituents is 2. The molecule has 0 heterocycles. The van der Waals surface area contributed by atoms with E-state index in [1.807, 2.05) is 0 Å². The second-order valence-electron chi connectivity index (χ2n) is 6.03. The van der Waals surface area contributed by atoms with Gasteiger partial charge in [0.15, 0.2) is 0 Å². The predicted octanol–water partition coefficient (Wildman–Crippen LogP) is 2.73. The van der Waals surface area contributed by atoms with Crippen molar-refractivity contribution in [3.63, 3.8) is 0 Å². The van der Waals surface area contributed by atoms with E-state index in [0.717, 1.165) is 0 Å². The van der Waals surface area contributed by atoms with Gasteiger partial charge < -0.3 is 15.3 Å². The summed E-state index contributed by atoms with van der Waals surface area (Å²) in [6, 6.07) is 11.7. The molecule has 0 saturated heterocycles. The van der Waals surface area contributed by atoms with Gasteiger partial charge in [-0.25, -0.2) is 4.89 Å². The second-order valence-corrected chi connectivity index (χ2v) is 6.03. The molecule has 0 saturated carbocycles. The molecule has 2 rings (SSSR count). The lowest BCUT2D eigenvalue weighted by Crippen LogP contribution is -2.27. The molecule has 0 aromatic heterocycles. The highest BCUT2D eigenvalue weighted by molar-refractivity contribution is 5.84. The van der Waals surface area contributed by atoms with Gasteiger partial charge in [-0.1, -0.05) is 24.3 Å². The lowest BCUT2D eigenvalue weighted by Gasteiger charge is -2.19. The first-order chi connectivity index (χ1) is 13.5. The fourth-order valence-electron chi connectivity index (χ4n) is 2.55. The Hall–Kier alpha value is -3.23. The summed E-state index contributed by atoms with van der Waals surface area (Å²) in [7, 11) is 0. The lowest BCUT2D eigenvalue weighted by molar-refractivity contribution is -0.243. The Labute approximate surface area is 162 Å². The van der Waals surface area contributed by atoms with Crippen LogP contribution in [-0.4, -0.2) is 57.7 Å². The number of nitrogens with zero attached hydrogens (tertiary/aromatic N) is 2. The summed E-state index contributed by atoms with van der Waals surface area (Å²) in [5.74, 6) is -1.00. The van der Waals surface area contributed by atoms with Crippen LogP contribution in [-0.2, 0) is 9.68 Å². The van der Waals surface area contributed by atoms with Crippen LogP contribution in [0.4, 0.5) is 0 Å². The second kappa shape index (κ2) is 10.8. The average molecular weight is 386 g/mol. The number of aliphatic carboxylic acids is 1. The standard InChI is InChI=1S/C20H22N2O6/c23-18-7-3-1-5-14(18)12-21-16(9-10-28-27)17(11-20(25)26)22-13-15-6-2-4-8-19(15)24/h1-8,12-13,16-17,23-24,27H,9-11H2,(H,25,26). The highest BCUT2D eigenvalue weighted by atomic mass is 17.1. The number of carboxylic acids is 1. The first-order valence-corrected chi connectivity index (χ1v) is 8.61. The number of carboxylic acid groups (broad SMARTS) is 1. The summed E-state index contributed by atoms with van der Waals surface area (Å²) < 4.78 is 0. The van der Waals surface area contributed by atoms with Crippen LogP contribution < -0.4 is 0 Å². The van der Waals surface area contributed by atoms with Crippen molar-refractivity contribution in [3.8, 4) is 11.5 Å².